The van der Waals surface area contributed by atoms with E-state index in [0.717, 1.165) is 5.56 Å². The highest BCUT2D eigenvalue weighted by atomic mass is 32.1. The molecular weight excluding hydrogens is 303 g/mol. The van der Waals surface area contributed by atoms with Gasteiger partial charge in [-0.05, 0) is 24.3 Å². The molecule has 0 aliphatic rings. The first-order chi connectivity index (χ1) is 9.95. The lowest BCUT2D eigenvalue weighted by atomic mass is 10.2. The summed E-state index contributed by atoms with van der Waals surface area (Å²) in [5.41, 5.74) is 6.92. The molecule has 21 heavy (non-hydrogen) atoms. The average molecular weight is 311 g/mol. The molecule has 3 aromatic rings. The van der Waals surface area contributed by atoms with E-state index in [1.165, 1.54) is 17.0 Å². The normalized spacial score (nSPS) is 11.8. The molecule has 1 aromatic carbocycles. The molecule has 108 valence electrons. The number of rotatable bonds is 2. The fraction of sp³-hybridized carbons (Fsp3) is 0.0833. The van der Waals surface area contributed by atoms with Gasteiger partial charge in [-0.25, -0.2) is 4.98 Å². The number of benzene rings is 1. The summed E-state index contributed by atoms with van der Waals surface area (Å²) in [6.45, 7) is 0. The number of hydrogen-bond donors (Lipinski definition) is 1. The minimum Gasteiger partial charge on any atom is -0.399 e. The summed E-state index contributed by atoms with van der Waals surface area (Å²) < 4.78 is 39.2. The molecule has 0 radical (unpaired) electrons. The van der Waals surface area contributed by atoms with Crippen molar-refractivity contribution < 1.29 is 13.2 Å². The van der Waals surface area contributed by atoms with Crippen molar-refractivity contribution in [1.82, 2.24) is 19.7 Å². The first-order valence-electron chi connectivity index (χ1n) is 5.75. The molecule has 0 saturated carbocycles. The Kier molecular flexibility index (Phi) is 3.13. The monoisotopic (exact) mass is 311 g/mol. The third kappa shape index (κ3) is 2.59. The molecule has 2 heterocycles. The molecule has 0 bridgehead atoms. The van der Waals surface area contributed by atoms with Gasteiger partial charge in [0.15, 0.2) is 0 Å². The van der Waals surface area contributed by atoms with Gasteiger partial charge in [-0.3, -0.25) is 4.57 Å². The first kappa shape index (κ1) is 13.6. The summed E-state index contributed by atoms with van der Waals surface area (Å²) in [6, 6.07) is 6.85. The van der Waals surface area contributed by atoms with E-state index in [0.29, 0.717) is 22.8 Å². The predicted molar refractivity (Wildman–Crippen MR) is 71.9 cm³/mol. The quantitative estimate of drug-likeness (QED) is 0.739. The standard InChI is InChI=1S/C12H8F3N5S/c13-12(14,15)10-18-19-11(21-10)20-6-5-17-9(20)7-1-3-8(16)4-2-7/h1-6H,16H2. The second-order valence-electron chi connectivity index (χ2n) is 4.13. The van der Waals surface area contributed by atoms with Crippen LogP contribution in [0.2, 0.25) is 0 Å². The van der Waals surface area contributed by atoms with Gasteiger partial charge in [0.2, 0.25) is 10.1 Å². The molecule has 9 heteroatoms. The van der Waals surface area contributed by atoms with E-state index in [4.69, 9.17) is 5.73 Å². The largest absolute Gasteiger partial charge is 0.445 e. The van der Waals surface area contributed by atoms with Gasteiger partial charge in [-0.15, -0.1) is 10.2 Å². The van der Waals surface area contributed by atoms with E-state index in [9.17, 15) is 13.2 Å². The summed E-state index contributed by atoms with van der Waals surface area (Å²) in [4.78, 5) is 4.14. The van der Waals surface area contributed by atoms with Crippen LogP contribution < -0.4 is 5.73 Å². The number of hydrogen-bond acceptors (Lipinski definition) is 5. The summed E-state index contributed by atoms with van der Waals surface area (Å²) in [6.07, 6.45) is -1.48. The Labute approximate surface area is 120 Å². The van der Waals surface area contributed by atoms with Crippen LogP contribution in [0.15, 0.2) is 36.7 Å². The molecule has 0 spiro atoms. The maximum Gasteiger partial charge on any atom is 0.445 e. The molecule has 0 atom stereocenters. The molecular formula is C12H8F3N5S. The Bertz CT molecular complexity index is 760. The average Bonchev–Trinajstić information content (AvgIpc) is 3.07. The Morgan fingerprint density at radius 3 is 2.43 bits per heavy atom. The second kappa shape index (κ2) is 4.85. The van der Waals surface area contributed by atoms with Crippen LogP contribution in [0.4, 0.5) is 18.9 Å². The Hall–Kier alpha value is -2.42. The van der Waals surface area contributed by atoms with Crippen molar-refractivity contribution in [2.24, 2.45) is 0 Å². The van der Waals surface area contributed by atoms with Crippen molar-refractivity contribution >= 4 is 17.0 Å². The molecule has 0 saturated heterocycles. The van der Waals surface area contributed by atoms with Crippen LogP contribution in [0.25, 0.3) is 16.5 Å². The number of anilines is 1. The minimum atomic E-state index is -4.50. The highest BCUT2D eigenvalue weighted by Gasteiger charge is 2.36. The summed E-state index contributed by atoms with van der Waals surface area (Å²) >= 11 is 0.461. The fourth-order valence-electron chi connectivity index (χ4n) is 1.73. The SMILES string of the molecule is Nc1ccc(-c2nccn2-c2nnc(C(F)(F)F)s2)cc1. The van der Waals surface area contributed by atoms with Crippen LogP contribution in [0, 0.1) is 0 Å². The van der Waals surface area contributed by atoms with Crippen molar-refractivity contribution in [3.05, 3.63) is 41.7 Å². The molecule has 5 nitrogen and oxygen atoms in total. The zero-order chi connectivity index (χ0) is 15.0. The van der Waals surface area contributed by atoms with Gasteiger partial charge in [0.1, 0.15) is 5.82 Å². The highest BCUT2D eigenvalue weighted by molar-refractivity contribution is 7.13. The molecule has 0 unspecified atom stereocenters. The smallest absolute Gasteiger partial charge is 0.399 e. The third-order valence-corrected chi connectivity index (χ3v) is 3.64. The lowest BCUT2D eigenvalue weighted by Crippen LogP contribution is -2.03. The van der Waals surface area contributed by atoms with Gasteiger partial charge in [0.25, 0.3) is 0 Å². The molecule has 2 aromatic heterocycles. The van der Waals surface area contributed by atoms with Crippen LogP contribution in [0.3, 0.4) is 0 Å². The lowest BCUT2D eigenvalue weighted by Gasteiger charge is -2.04. The van der Waals surface area contributed by atoms with Crippen LogP contribution in [-0.2, 0) is 6.18 Å². The summed E-state index contributed by atoms with van der Waals surface area (Å²) in [5.74, 6) is 0.472. The zero-order valence-electron chi connectivity index (χ0n) is 10.4. The summed E-state index contributed by atoms with van der Waals surface area (Å²) in [7, 11) is 0. The maximum absolute atomic E-state index is 12.6. The number of aromatic nitrogens is 4. The molecule has 0 amide bonds. The van der Waals surface area contributed by atoms with Crippen LogP contribution in [0.5, 0.6) is 0 Å². The molecule has 3 rings (SSSR count). The van der Waals surface area contributed by atoms with E-state index in [-0.39, 0.29) is 5.13 Å². The van der Waals surface area contributed by atoms with Crippen molar-refractivity contribution in [3.8, 4) is 16.5 Å². The number of nitrogens with two attached hydrogens (primary N) is 1. The van der Waals surface area contributed by atoms with Gasteiger partial charge < -0.3 is 5.73 Å². The Balaban J connectivity index is 2.03. The lowest BCUT2D eigenvalue weighted by molar-refractivity contribution is -0.138. The van der Waals surface area contributed by atoms with Crippen molar-refractivity contribution in [3.63, 3.8) is 0 Å². The summed E-state index contributed by atoms with van der Waals surface area (Å²) in [5, 5.41) is 5.85. The van der Waals surface area contributed by atoms with Gasteiger partial charge in [-0.2, -0.15) is 13.2 Å². The van der Waals surface area contributed by atoms with Gasteiger partial charge >= 0.3 is 6.18 Å². The molecule has 2 N–H and O–H groups in total. The van der Waals surface area contributed by atoms with Crippen LogP contribution in [-0.4, -0.2) is 19.7 Å². The van der Waals surface area contributed by atoms with Crippen LogP contribution in [0.1, 0.15) is 5.01 Å². The van der Waals surface area contributed by atoms with E-state index >= 15 is 0 Å². The molecule has 0 aliphatic heterocycles. The van der Waals surface area contributed by atoms with Crippen molar-refractivity contribution in [1.29, 1.82) is 0 Å². The first-order valence-corrected chi connectivity index (χ1v) is 6.57. The predicted octanol–water partition coefficient (Wildman–Crippen LogP) is 2.99. The van der Waals surface area contributed by atoms with E-state index in [1.807, 2.05) is 0 Å². The van der Waals surface area contributed by atoms with E-state index in [2.05, 4.69) is 15.2 Å². The number of alkyl halides is 3. The van der Waals surface area contributed by atoms with Gasteiger partial charge in [-0.1, -0.05) is 11.3 Å². The van der Waals surface area contributed by atoms with Crippen molar-refractivity contribution in [2.75, 3.05) is 5.73 Å². The van der Waals surface area contributed by atoms with Gasteiger partial charge in [0, 0.05) is 23.6 Å². The Morgan fingerprint density at radius 1 is 1.10 bits per heavy atom. The van der Waals surface area contributed by atoms with Crippen LogP contribution >= 0.6 is 11.3 Å². The fourth-order valence-corrected chi connectivity index (χ4v) is 2.43. The number of nitrogens with zero attached hydrogens (tertiary/aromatic N) is 4. The highest BCUT2D eigenvalue weighted by Crippen LogP contribution is 2.33. The number of imidazole rings is 1. The van der Waals surface area contributed by atoms with E-state index < -0.39 is 11.2 Å². The third-order valence-electron chi connectivity index (χ3n) is 2.67. The Morgan fingerprint density at radius 2 is 1.81 bits per heavy atom. The maximum atomic E-state index is 12.6. The number of nitrogen functional groups attached to an aromatic ring is 1. The molecule has 0 fully saturated rings. The molecule has 0 aliphatic carbocycles. The van der Waals surface area contributed by atoms with Gasteiger partial charge in [0.05, 0.1) is 0 Å². The second-order valence-corrected chi connectivity index (χ2v) is 5.09. The topological polar surface area (TPSA) is 69.6 Å². The zero-order valence-corrected chi connectivity index (χ0v) is 11.2. The van der Waals surface area contributed by atoms with Crippen molar-refractivity contribution in [2.45, 2.75) is 6.18 Å². The van der Waals surface area contributed by atoms with E-state index in [1.54, 1.807) is 24.3 Å². The minimum absolute atomic E-state index is 0.103. The number of halogens is 3.